The molecule has 0 saturated carbocycles. The molecule has 0 aliphatic rings. The van der Waals surface area contributed by atoms with E-state index in [1.54, 1.807) is 0 Å². The van der Waals surface area contributed by atoms with Crippen LogP contribution in [0.4, 0.5) is 4.79 Å². The van der Waals surface area contributed by atoms with Gasteiger partial charge < -0.3 is 5.11 Å². The van der Waals surface area contributed by atoms with Crippen molar-refractivity contribution < 1.29 is 18.3 Å². The Morgan fingerprint density at radius 2 is 2.08 bits per heavy atom. The summed E-state index contributed by atoms with van der Waals surface area (Å²) in [6, 6.07) is 0. The molecule has 3 N–H and O–H groups in total. The summed E-state index contributed by atoms with van der Waals surface area (Å²) in [6.07, 6.45) is -0.0603. The molecule has 0 aromatic heterocycles. The van der Waals surface area contributed by atoms with Crippen LogP contribution in [0.2, 0.25) is 0 Å². The van der Waals surface area contributed by atoms with Crippen LogP contribution in [0.5, 0.6) is 0 Å². The zero-order valence-corrected chi connectivity index (χ0v) is 7.52. The molecule has 0 aliphatic heterocycles. The molecule has 0 heterocycles. The van der Waals surface area contributed by atoms with Gasteiger partial charge in [0.15, 0.2) is 0 Å². The van der Waals surface area contributed by atoms with Crippen LogP contribution in [-0.4, -0.2) is 26.2 Å². The third-order valence-corrected chi connectivity index (χ3v) is 2.07. The van der Waals surface area contributed by atoms with Gasteiger partial charge in [-0.3, -0.25) is 0 Å². The number of rotatable bonds is 5. The standard InChI is InChI=1S/C5H12N2O4S/c1-2-3-4-6-12(10,11)7-5(8)9/h6-7H,2-4H2,1H3,(H,8,9). The van der Waals surface area contributed by atoms with E-state index in [-0.39, 0.29) is 6.54 Å². The molecule has 0 aliphatic carbocycles. The quantitative estimate of drug-likeness (QED) is 0.534. The maximum Gasteiger partial charge on any atom is 0.419 e. The van der Waals surface area contributed by atoms with E-state index in [0.717, 1.165) is 6.42 Å². The largest absolute Gasteiger partial charge is 0.464 e. The van der Waals surface area contributed by atoms with Crippen molar-refractivity contribution in [3.63, 3.8) is 0 Å². The Morgan fingerprint density at radius 3 is 2.50 bits per heavy atom. The van der Waals surface area contributed by atoms with Gasteiger partial charge in [0.1, 0.15) is 0 Å². The fourth-order valence-corrected chi connectivity index (χ4v) is 1.25. The van der Waals surface area contributed by atoms with Crippen molar-refractivity contribution >= 4 is 16.3 Å². The van der Waals surface area contributed by atoms with Crippen LogP contribution in [0.1, 0.15) is 19.8 Å². The van der Waals surface area contributed by atoms with Gasteiger partial charge in [-0.1, -0.05) is 13.3 Å². The number of carbonyl (C=O) groups is 1. The van der Waals surface area contributed by atoms with Gasteiger partial charge in [-0.25, -0.2) is 9.52 Å². The molecule has 1 amide bonds. The zero-order chi connectivity index (χ0) is 9.61. The van der Waals surface area contributed by atoms with Crippen LogP contribution in [0.3, 0.4) is 0 Å². The second-order valence-electron chi connectivity index (χ2n) is 2.16. The third-order valence-electron chi connectivity index (χ3n) is 1.04. The number of amides is 1. The second kappa shape index (κ2) is 4.94. The Balaban J connectivity index is 3.81. The van der Waals surface area contributed by atoms with Crippen molar-refractivity contribution in [1.29, 1.82) is 0 Å². The number of hydrogen-bond acceptors (Lipinski definition) is 3. The van der Waals surface area contributed by atoms with E-state index in [4.69, 9.17) is 5.11 Å². The number of unbranched alkanes of at least 4 members (excludes halogenated alkanes) is 1. The summed E-state index contributed by atoms with van der Waals surface area (Å²) < 4.78 is 24.9. The molecule has 0 saturated heterocycles. The zero-order valence-electron chi connectivity index (χ0n) is 6.70. The Morgan fingerprint density at radius 1 is 1.50 bits per heavy atom. The van der Waals surface area contributed by atoms with Crippen molar-refractivity contribution in [2.24, 2.45) is 0 Å². The highest BCUT2D eigenvalue weighted by molar-refractivity contribution is 7.88. The van der Waals surface area contributed by atoms with Gasteiger partial charge in [-0.15, -0.1) is 0 Å². The monoisotopic (exact) mass is 196 g/mol. The molecule has 0 aromatic carbocycles. The predicted molar refractivity (Wildman–Crippen MR) is 43.0 cm³/mol. The lowest BCUT2D eigenvalue weighted by molar-refractivity contribution is 0.201. The first kappa shape index (κ1) is 11.2. The maximum absolute atomic E-state index is 10.7. The van der Waals surface area contributed by atoms with E-state index in [0.29, 0.717) is 6.42 Å². The first-order chi connectivity index (χ1) is 5.48. The summed E-state index contributed by atoms with van der Waals surface area (Å²) in [7, 11) is -3.85. The topological polar surface area (TPSA) is 95.5 Å². The predicted octanol–water partition coefficient (Wildman–Crippen LogP) is -0.111. The van der Waals surface area contributed by atoms with Crippen LogP contribution in [0.25, 0.3) is 0 Å². The summed E-state index contributed by atoms with van der Waals surface area (Å²) in [5, 5.41) is 8.08. The fraction of sp³-hybridized carbons (Fsp3) is 0.800. The highest BCUT2D eigenvalue weighted by Gasteiger charge is 2.10. The first-order valence-corrected chi connectivity index (χ1v) is 4.96. The van der Waals surface area contributed by atoms with Crippen LogP contribution in [0.15, 0.2) is 0 Å². The molecule has 0 spiro atoms. The minimum Gasteiger partial charge on any atom is -0.464 e. The second-order valence-corrected chi connectivity index (χ2v) is 3.66. The van der Waals surface area contributed by atoms with Gasteiger partial charge in [0.25, 0.3) is 0 Å². The van der Waals surface area contributed by atoms with Gasteiger partial charge in [0.05, 0.1) is 0 Å². The van der Waals surface area contributed by atoms with Crippen LogP contribution < -0.4 is 9.44 Å². The van der Waals surface area contributed by atoms with E-state index >= 15 is 0 Å². The molecule has 0 bridgehead atoms. The average Bonchev–Trinajstić information content (AvgIpc) is 1.84. The van der Waals surface area contributed by atoms with Gasteiger partial charge in [0.2, 0.25) is 0 Å². The van der Waals surface area contributed by atoms with Crippen molar-refractivity contribution in [1.82, 2.24) is 9.44 Å². The molecule has 7 heteroatoms. The van der Waals surface area contributed by atoms with E-state index in [1.165, 1.54) is 4.72 Å². The molecule has 0 radical (unpaired) electrons. The van der Waals surface area contributed by atoms with E-state index in [1.807, 2.05) is 6.92 Å². The summed E-state index contributed by atoms with van der Waals surface area (Å²) in [5.41, 5.74) is 0. The van der Waals surface area contributed by atoms with E-state index in [2.05, 4.69) is 4.72 Å². The molecule has 0 atom stereocenters. The molecule has 72 valence electrons. The summed E-state index contributed by atoms with van der Waals surface area (Å²) in [5.74, 6) is 0. The van der Waals surface area contributed by atoms with Crippen molar-refractivity contribution in [3.8, 4) is 0 Å². The van der Waals surface area contributed by atoms with Gasteiger partial charge in [0, 0.05) is 6.54 Å². The molecular formula is C5H12N2O4S. The highest BCUT2D eigenvalue weighted by atomic mass is 32.2. The van der Waals surface area contributed by atoms with Crippen LogP contribution in [-0.2, 0) is 10.2 Å². The van der Waals surface area contributed by atoms with Crippen molar-refractivity contribution in [2.45, 2.75) is 19.8 Å². The average molecular weight is 196 g/mol. The highest BCUT2D eigenvalue weighted by Crippen LogP contribution is 1.84. The van der Waals surface area contributed by atoms with Crippen LogP contribution >= 0.6 is 0 Å². The Hall–Kier alpha value is -0.820. The molecule has 0 fully saturated rings. The Labute approximate surface area is 71.2 Å². The van der Waals surface area contributed by atoms with Gasteiger partial charge in [-0.05, 0) is 6.42 Å². The molecular weight excluding hydrogens is 184 g/mol. The van der Waals surface area contributed by atoms with Crippen molar-refractivity contribution in [2.75, 3.05) is 6.54 Å². The molecule has 12 heavy (non-hydrogen) atoms. The minimum absolute atomic E-state index is 0.249. The van der Waals surface area contributed by atoms with Gasteiger partial charge in [-0.2, -0.15) is 13.1 Å². The van der Waals surface area contributed by atoms with Crippen LogP contribution in [0, 0.1) is 0 Å². The SMILES string of the molecule is CCCCNS(=O)(=O)NC(=O)O. The molecule has 0 aromatic rings. The smallest absolute Gasteiger partial charge is 0.419 e. The van der Waals surface area contributed by atoms with Gasteiger partial charge >= 0.3 is 16.3 Å². The van der Waals surface area contributed by atoms with E-state index < -0.39 is 16.3 Å². The molecule has 6 nitrogen and oxygen atoms in total. The number of carboxylic acid groups (broad SMARTS) is 1. The maximum atomic E-state index is 10.7. The lowest BCUT2D eigenvalue weighted by atomic mass is 10.3. The van der Waals surface area contributed by atoms with Crippen molar-refractivity contribution in [3.05, 3.63) is 0 Å². The lowest BCUT2D eigenvalue weighted by Crippen LogP contribution is -2.39. The van der Waals surface area contributed by atoms with E-state index in [9.17, 15) is 13.2 Å². The molecule has 0 unspecified atom stereocenters. The summed E-state index contributed by atoms with van der Waals surface area (Å²) in [6.45, 7) is 2.15. The number of nitrogens with one attached hydrogen (secondary N) is 2. The molecule has 0 rings (SSSR count). The first-order valence-electron chi connectivity index (χ1n) is 3.48. The lowest BCUT2D eigenvalue weighted by Gasteiger charge is -2.03. The Bertz CT molecular complexity index is 236. The minimum atomic E-state index is -3.85. The summed E-state index contributed by atoms with van der Waals surface area (Å²) >= 11 is 0. The normalized spacial score (nSPS) is 11.1. The fourth-order valence-electron chi connectivity index (χ4n) is 0.534. The third kappa shape index (κ3) is 5.93. The Kier molecular flexibility index (Phi) is 4.60. The summed E-state index contributed by atoms with van der Waals surface area (Å²) in [4.78, 5) is 9.92. The number of hydrogen-bond donors (Lipinski definition) is 3.